The van der Waals surface area contributed by atoms with Crippen LogP contribution in [0.15, 0.2) is 81.5 Å². The fourth-order valence-electron chi connectivity index (χ4n) is 2.54. The van der Waals surface area contributed by atoms with E-state index in [4.69, 9.17) is 8.83 Å². The summed E-state index contributed by atoms with van der Waals surface area (Å²) in [6.45, 7) is 4.07. The Balaban J connectivity index is 1.73. The summed E-state index contributed by atoms with van der Waals surface area (Å²) in [7, 11) is 0. The molecule has 0 aliphatic carbocycles. The molecular formula is C21H26O3. The van der Waals surface area contributed by atoms with Crippen LogP contribution in [0.4, 0.5) is 0 Å². The number of allylic oxidation sites excluding steroid dienone is 4. The Labute approximate surface area is 144 Å². The molecule has 24 heavy (non-hydrogen) atoms. The molecule has 0 fully saturated rings. The van der Waals surface area contributed by atoms with Crippen LogP contribution in [0.1, 0.15) is 37.8 Å². The van der Waals surface area contributed by atoms with Crippen LogP contribution in [0.3, 0.4) is 0 Å². The number of rotatable bonds is 9. The Kier molecular flexibility index (Phi) is 7.37. The first-order valence-electron chi connectivity index (χ1n) is 8.34. The summed E-state index contributed by atoms with van der Waals surface area (Å²) in [5.74, 6) is 0. The van der Waals surface area contributed by atoms with Crippen molar-refractivity contribution in [3.8, 4) is 0 Å². The van der Waals surface area contributed by atoms with Crippen LogP contribution in [0.25, 0.3) is 0 Å². The molecule has 2 heterocycles. The lowest BCUT2D eigenvalue weighted by Crippen LogP contribution is -2.03. The maximum absolute atomic E-state index is 10.2. The molecule has 0 bridgehead atoms. The van der Waals surface area contributed by atoms with Crippen LogP contribution in [-0.4, -0.2) is 11.2 Å². The number of aliphatic hydroxyl groups is 1. The maximum Gasteiger partial charge on any atom is 0.0937 e. The summed E-state index contributed by atoms with van der Waals surface area (Å²) in [5, 5.41) is 10.2. The number of aliphatic hydroxyl groups excluding tert-OH is 1. The molecule has 3 nitrogen and oxygen atoms in total. The van der Waals surface area contributed by atoms with Crippen LogP contribution >= 0.6 is 0 Å². The first-order chi connectivity index (χ1) is 11.6. The zero-order valence-electron chi connectivity index (χ0n) is 14.4. The SMILES string of the molecule is CC(/C=C/Cc1ccoc1)=C\[C@H](O)C/C(C)=C/CCc1ccoc1. The van der Waals surface area contributed by atoms with E-state index in [1.54, 1.807) is 25.1 Å². The summed E-state index contributed by atoms with van der Waals surface area (Å²) in [5.41, 5.74) is 4.63. The molecular weight excluding hydrogens is 300 g/mol. The van der Waals surface area contributed by atoms with E-state index < -0.39 is 6.10 Å². The highest BCUT2D eigenvalue weighted by Crippen LogP contribution is 2.12. The lowest BCUT2D eigenvalue weighted by atomic mass is 10.0. The Morgan fingerprint density at radius 1 is 1.12 bits per heavy atom. The standard InChI is InChI=1S/C21H26O3/c1-17(5-3-7-19-9-11-23-15-19)13-21(22)14-18(2)6-4-8-20-10-12-24-16-20/h3,5-6,9-13,15-16,21-22H,4,7-8,14H2,1-2H3/b5-3+,17-13+,18-6+/t21-/m0/s1. The van der Waals surface area contributed by atoms with Crippen molar-refractivity contribution in [2.45, 2.75) is 45.6 Å². The quantitative estimate of drug-likeness (QED) is 0.506. The fraction of sp³-hybridized carbons (Fsp3) is 0.333. The van der Waals surface area contributed by atoms with Gasteiger partial charge in [-0.3, -0.25) is 0 Å². The first kappa shape index (κ1) is 18.1. The van der Waals surface area contributed by atoms with E-state index in [1.807, 2.05) is 31.2 Å². The van der Waals surface area contributed by atoms with E-state index in [-0.39, 0.29) is 0 Å². The minimum atomic E-state index is -0.450. The van der Waals surface area contributed by atoms with Gasteiger partial charge < -0.3 is 13.9 Å². The highest BCUT2D eigenvalue weighted by Gasteiger charge is 2.02. The number of furan rings is 2. The lowest BCUT2D eigenvalue weighted by Gasteiger charge is -2.07. The Morgan fingerprint density at radius 2 is 1.83 bits per heavy atom. The molecule has 2 aromatic heterocycles. The molecule has 0 spiro atoms. The first-order valence-corrected chi connectivity index (χ1v) is 8.34. The van der Waals surface area contributed by atoms with E-state index in [2.05, 4.69) is 19.1 Å². The average Bonchev–Trinajstić information content (AvgIpc) is 3.20. The van der Waals surface area contributed by atoms with E-state index in [1.165, 1.54) is 11.1 Å². The third-order valence-electron chi connectivity index (χ3n) is 3.81. The van der Waals surface area contributed by atoms with Crippen LogP contribution in [0.5, 0.6) is 0 Å². The van der Waals surface area contributed by atoms with Crippen molar-refractivity contribution in [3.63, 3.8) is 0 Å². The Hall–Kier alpha value is -2.26. The summed E-state index contributed by atoms with van der Waals surface area (Å²) in [4.78, 5) is 0. The van der Waals surface area contributed by atoms with Crippen molar-refractivity contribution in [2.75, 3.05) is 0 Å². The van der Waals surface area contributed by atoms with Gasteiger partial charge in [0.05, 0.1) is 31.2 Å². The number of hydrogen-bond acceptors (Lipinski definition) is 3. The highest BCUT2D eigenvalue weighted by atomic mass is 16.3. The molecule has 1 N–H and O–H groups in total. The van der Waals surface area contributed by atoms with Crippen molar-refractivity contribution in [2.24, 2.45) is 0 Å². The number of aryl methyl sites for hydroxylation is 1. The molecule has 2 rings (SSSR count). The predicted molar refractivity (Wildman–Crippen MR) is 96.7 cm³/mol. The molecule has 3 heteroatoms. The highest BCUT2D eigenvalue weighted by molar-refractivity contribution is 5.21. The molecule has 1 atom stereocenters. The van der Waals surface area contributed by atoms with Crippen molar-refractivity contribution in [3.05, 3.63) is 83.8 Å². The van der Waals surface area contributed by atoms with Gasteiger partial charge in [0.2, 0.25) is 0 Å². The lowest BCUT2D eigenvalue weighted by molar-refractivity contribution is 0.223. The van der Waals surface area contributed by atoms with E-state index in [0.717, 1.165) is 30.4 Å². The van der Waals surface area contributed by atoms with Gasteiger partial charge in [-0.2, -0.15) is 0 Å². The smallest absolute Gasteiger partial charge is 0.0937 e. The molecule has 0 unspecified atom stereocenters. The van der Waals surface area contributed by atoms with Gasteiger partial charge in [0.1, 0.15) is 0 Å². The van der Waals surface area contributed by atoms with Gasteiger partial charge in [-0.25, -0.2) is 0 Å². The molecule has 128 valence electrons. The molecule has 2 aromatic rings. The molecule has 0 radical (unpaired) electrons. The molecule has 0 aliphatic rings. The Bertz CT molecular complexity index is 658. The van der Waals surface area contributed by atoms with E-state index in [9.17, 15) is 5.11 Å². The predicted octanol–water partition coefficient (Wildman–Crippen LogP) is 5.25. The Morgan fingerprint density at radius 3 is 2.50 bits per heavy atom. The van der Waals surface area contributed by atoms with Crippen LogP contribution in [-0.2, 0) is 12.8 Å². The third-order valence-corrected chi connectivity index (χ3v) is 3.81. The van der Waals surface area contributed by atoms with Gasteiger partial charge in [0.25, 0.3) is 0 Å². The normalized spacial score (nSPS) is 14.5. The van der Waals surface area contributed by atoms with Crippen LogP contribution in [0, 0.1) is 0 Å². The van der Waals surface area contributed by atoms with E-state index >= 15 is 0 Å². The van der Waals surface area contributed by atoms with Crippen LogP contribution in [0.2, 0.25) is 0 Å². The number of hydrogen-bond donors (Lipinski definition) is 1. The zero-order valence-corrected chi connectivity index (χ0v) is 14.4. The average molecular weight is 326 g/mol. The largest absolute Gasteiger partial charge is 0.472 e. The van der Waals surface area contributed by atoms with Gasteiger partial charge in [-0.15, -0.1) is 0 Å². The fourth-order valence-corrected chi connectivity index (χ4v) is 2.54. The maximum atomic E-state index is 10.2. The van der Waals surface area contributed by atoms with Gasteiger partial charge in [-0.1, -0.05) is 35.5 Å². The second kappa shape index (κ2) is 9.78. The summed E-state index contributed by atoms with van der Waals surface area (Å²) in [6.07, 6.45) is 18.1. The molecule has 0 aliphatic heterocycles. The van der Waals surface area contributed by atoms with Gasteiger partial charge >= 0.3 is 0 Å². The summed E-state index contributed by atoms with van der Waals surface area (Å²) < 4.78 is 10.1. The van der Waals surface area contributed by atoms with Crippen molar-refractivity contribution < 1.29 is 13.9 Å². The van der Waals surface area contributed by atoms with Gasteiger partial charge in [0, 0.05) is 0 Å². The second-order valence-corrected chi connectivity index (χ2v) is 6.14. The second-order valence-electron chi connectivity index (χ2n) is 6.14. The third kappa shape index (κ3) is 6.88. The van der Waals surface area contributed by atoms with Crippen LogP contribution < -0.4 is 0 Å². The van der Waals surface area contributed by atoms with Gasteiger partial charge in [-0.05, 0) is 62.8 Å². The molecule has 0 saturated carbocycles. The van der Waals surface area contributed by atoms with E-state index in [0.29, 0.717) is 6.42 Å². The van der Waals surface area contributed by atoms with Gasteiger partial charge in [0.15, 0.2) is 0 Å². The monoisotopic (exact) mass is 326 g/mol. The topological polar surface area (TPSA) is 46.5 Å². The summed E-state index contributed by atoms with van der Waals surface area (Å²) in [6, 6.07) is 3.94. The molecule has 0 aromatic carbocycles. The minimum Gasteiger partial charge on any atom is -0.472 e. The minimum absolute atomic E-state index is 0.450. The van der Waals surface area contributed by atoms with Crippen molar-refractivity contribution >= 4 is 0 Å². The zero-order chi connectivity index (χ0) is 17.2. The summed E-state index contributed by atoms with van der Waals surface area (Å²) >= 11 is 0. The van der Waals surface area contributed by atoms with Crippen molar-refractivity contribution in [1.82, 2.24) is 0 Å². The molecule has 0 saturated heterocycles. The molecule has 0 amide bonds. The van der Waals surface area contributed by atoms with Crippen molar-refractivity contribution in [1.29, 1.82) is 0 Å².